The summed E-state index contributed by atoms with van der Waals surface area (Å²) in [7, 11) is 0. The van der Waals surface area contributed by atoms with E-state index in [0.717, 1.165) is 10.2 Å². The Labute approximate surface area is 159 Å². The Morgan fingerprint density at radius 3 is 2.38 bits per heavy atom. The van der Waals surface area contributed by atoms with E-state index in [1.165, 1.54) is 12.1 Å². The minimum atomic E-state index is -0.274. The molecule has 5 nitrogen and oxygen atoms in total. The Kier molecular flexibility index (Phi) is 5.88. The molecule has 0 unspecified atom stereocenters. The Morgan fingerprint density at radius 2 is 1.73 bits per heavy atom. The first-order valence-corrected chi connectivity index (χ1v) is 9.14. The molecule has 1 saturated heterocycles. The van der Waals surface area contributed by atoms with Gasteiger partial charge in [0.2, 0.25) is 5.91 Å². The Bertz CT molecular complexity index is 790. The van der Waals surface area contributed by atoms with Crippen molar-refractivity contribution in [1.29, 1.82) is 0 Å². The number of rotatable bonds is 4. The van der Waals surface area contributed by atoms with Crippen molar-refractivity contribution in [2.45, 2.75) is 0 Å². The van der Waals surface area contributed by atoms with Crippen molar-refractivity contribution in [3.63, 3.8) is 0 Å². The van der Waals surface area contributed by atoms with E-state index in [4.69, 9.17) is 0 Å². The van der Waals surface area contributed by atoms with Gasteiger partial charge in [0.25, 0.3) is 5.91 Å². The smallest absolute Gasteiger partial charge is 0.251 e. The number of hydrogen-bond donors (Lipinski definition) is 1. The summed E-state index contributed by atoms with van der Waals surface area (Å²) in [6, 6.07) is 13.4. The number of piperazine rings is 1. The molecule has 3 rings (SSSR count). The molecular weight excluding hydrogens is 401 g/mol. The van der Waals surface area contributed by atoms with Crippen LogP contribution in [-0.4, -0.2) is 49.4 Å². The number of carbonyl (C=O) groups is 2. The molecule has 0 atom stereocenters. The van der Waals surface area contributed by atoms with Crippen molar-refractivity contribution in [2.24, 2.45) is 0 Å². The lowest BCUT2D eigenvalue weighted by Crippen LogP contribution is -2.51. The average Bonchev–Trinajstić information content (AvgIpc) is 2.66. The highest BCUT2D eigenvalue weighted by atomic mass is 79.9. The van der Waals surface area contributed by atoms with Crippen molar-refractivity contribution in [2.75, 3.05) is 37.6 Å². The maximum atomic E-state index is 13.0. The third kappa shape index (κ3) is 4.60. The fourth-order valence-electron chi connectivity index (χ4n) is 2.87. The van der Waals surface area contributed by atoms with E-state index in [2.05, 4.69) is 26.1 Å². The zero-order valence-corrected chi connectivity index (χ0v) is 15.7. The Balaban J connectivity index is 1.47. The van der Waals surface area contributed by atoms with Gasteiger partial charge in [0.05, 0.1) is 6.54 Å². The molecule has 1 aliphatic heterocycles. The summed E-state index contributed by atoms with van der Waals surface area (Å²) in [6.45, 7) is 2.47. The fraction of sp³-hybridized carbons (Fsp3) is 0.263. The van der Waals surface area contributed by atoms with E-state index in [1.54, 1.807) is 35.2 Å². The zero-order chi connectivity index (χ0) is 18.5. The van der Waals surface area contributed by atoms with Crippen LogP contribution in [0.3, 0.4) is 0 Å². The van der Waals surface area contributed by atoms with E-state index in [9.17, 15) is 14.0 Å². The number of nitrogens with one attached hydrogen (secondary N) is 1. The SMILES string of the molecule is O=C(NCC(=O)N1CCN(c2ccc(F)cc2)CC1)c1cccc(Br)c1. The number of carbonyl (C=O) groups excluding carboxylic acids is 2. The summed E-state index contributed by atoms with van der Waals surface area (Å²) >= 11 is 3.32. The zero-order valence-electron chi connectivity index (χ0n) is 14.1. The van der Waals surface area contributed by atoms with Crippen LogP contribution in [0.4, 0.5) is 10.1 Å². The van der Waals surface area contributed by atoms with Gasteiger partial charge >= 0.3 is 0 Å². The second kappa shape index (κ2) is 8.31. The quantitative estimate of drug-likeness (QED) is 0.828. The van der Waals surface area contributed by atoms with Gasteiger partial charge in [-0.25, -0.2) is 4.39 Å². The molecule has 26 heavy (non-hydrogen) atoms. The summed E-state index contributed by atoms with van der Waals surface area (Å²) in [5.41, 5.74) is 1.45. The third-order valence-corrected chi connectivity index (χ3v) is 4.80. The lowest BCUT2D eigenvalue weighted by Gasteiger charge is -2.36. The highest BCUT2D eigenvalue weighted by molar-refractivity contribution is 9.10. The van der Waals surface area contributed by atoms with Gasteiger partial charge in [-0.3, -0.25) is 9.59 Å². The molecule has 0 aliphatic carbocycles. The lowest BCUT2D eigenvalue weighted by molar-refractivity contribution is -0.130. The van der Waals surface area contributed by atoms with Crippen molar-refractivity contribution in [3.05, 3.63) is 64.4 Å². The molecule has 0 aromatic heterocycles. The molecule has 7 heteroatoms. The van der Waals surface area contributed by atoms with Crippen LogP contribution in [0.5, 0.6) is 0 Å². The molecule has 0 bridgehead atoms. The summed E-state index contributed by atoms with van der Waals surface area (Å²) in [5, 5.41) is 2.67. The molecule has 0 saturated carbocycles. The van der Waals surface area contributed by atoms with E-state index in [-0.39, 0.29) is 24.2 Å². The number of anilines is 1. The monoisotopic (exact) mass is 419 g/mol. The van der Waals surface area contributed by atoms with Crippen LogP contribution in [0.1, 0.15) is 10.4 Å². The van der Waals surface area contributed by atoms with Crippen LogP contribution in [0.15, 0.2) is 53.0 Å². The van der Waals surface area contributed by atoms with Crippen LogP contribution in [0, 0.1) is 5.82 Å². The first kappa shape index (κ1) is 18.4. The molecule has 1 aliphatic rings. The molecule has 2 amide bonds. The lowest BCUT2D eigenvalue weighted by atomic mass is 10.2. The van der Waals surface area contributed by atoms with Crippen LogP contribution in [-0.2, 0) is 4.79 Å². The number of amides is 2. The largest absolute Gasteiger partial charge is 0.368 e. The molecule has 1 heterocycles. The number of halogens is 2. The predicted molar refractivity (Wildman–Crippen MR) is 102 cm³/mol. The standard InChI is InChI=1S/C19H19BrFN3O2/c20-15-3-1-2-14(12-15)19(26)22-13-18(25)24-10-8-23(9-11-24)17-6-4-16(21)5-7-17/h1-7,12H,8-11,13H2,(H,22,26). The van der Waals surface area contributed by atoms with Crippen LogP contribution >= 0.6 is 15.9 Å². The topological polar surface area (TPSA) is 52.7 Å². The number of benzene rings is 2. The van der Waals surface area contributed by atoms with Crippen LogP contribution in [0.25, 0.3) is 0 Å². The van der Waals surface area contributed by atoms with Crippen molar-refractivity contribution in [3.8, 4) is 0 Å². The van der Waals surface area contributed by atoms with Gasteiger partial charge in [-0.05, 0) is 42.5 Å². The minimum absolute atomic E-state index is 0.0259. The fourth-order valence-corrected chi connectivity index (χ4v) is 3.26. The van der Waals surface area contributed by atoms with Gasteiger partial charge < -0.3 is 15.1 Å². The van der Waals surface area contributed by atoms with Gasteiger partial charge in [0.1, 0.15) is 5.82 Å². The summed E-state index contributed by atoms with van der Waals surface area (Å²) in [6.07, 6.45) is 0. The Hall–Kier alpha value is -2.41. The van der Waals surface area contributed by atoms with Gasteiger partial charge in [-0.15, -0.1) is 0 Å². The molecule has 2 aromatic rings. The summed E-state index contributed by atoms with van der Waals surface area (Å²) in [4.78, 5) is 28.3. The third-order valence-electron chi connectivity index (χ3n) is 4.31. The number of hydrogen-bond acceptors (Lipinski definition) is 3. The molecule has 1 fully saturated rings. The first-order chi connectivity index (χ1) is 12.5. The second-order valence-corrected chi connectivity index (χ2v) is 6.95. The highest BCUT2D eigenvalue weighted by Gasteiger charge is 2.21. The van der Waals surface area contributed by atoms with E-state index in [0.29, 0.717) is 31.7 Å². The van der Waals surface area contributed by atoms with Crippen LogP contribution in [0.2, 0.25) is 0 Å². The minimum Gasteiger partial charge on any atom is -0.368 e. The Morgan fingerprint density at radius 1 is 1.04 bits per heavy atom. The molecule has 0 radical (unpaired) electrons. The van der Waals surface area contributed by atoms with Gasteiger partial charge in [0, 0.05) is 41.9 Å². The summed E-state index contributed by atoms with van der Waals surface area (Å²) in [5.74, 6) is -0.638. The van der Waals surface area contributed by atoms with Gasteiger partial charge in [-0.1, -0.05) is 22.0 Å². The van der Waals surface area contributed by atoms with E-state index >= 15 is 0 Å². The predicted octanol–water partition coefficient (Wildman–Crippen LogP) is 2.67. The normalized spacial score (nSPS) is 14.2. The van der Waals surface area contributed by atoms with Crippen molar-refractivity contribution in [1.82, 2.24) is 10.2 Å². The maximum Gasteiger partial charge on any atom is 0.251 e. The van der Waals surface area contributed by atoms with E-state index in [1.807, 2.05) is 6.07 Å². The molecule has 1 N–H and O–H groups in total. The van der Waals surface area contributed by atoms with Crippen LogP contribution < -0.4 is 10.2 Å². The molecule has 2 aromatic carbocycles. The molecular formula is C19H19BrFN3O2. The second-order valence-electron chi connectivity index (χ2n) is 6.04. The van der Waals surface area contributed by atoms with Crippen molar-refractivity contribution < 1.29 is 14.0 Å². The maximum absolute atomic E-state index is 13.0. The molecule has 136 valence electrons. The van der Waals surface area contributed by atoms with Gasteiger partial charge in [0.15, 0.2) is 0 Å². The highest BCUT2D eigenvalue weighted by Crippen LogP contribution is 2.17. The summed E-state index contributed by atoms with van der Waals surface area (Å²) < 4.78 is 13.8. The average molecular weight is 420 g/mol. The first-order valence-electron chi connectivity index (χ1n) is 8.35. The van der Waals surface area contributed by atoms with Crippen molar-refractivity contribution >= 4 is 33.4 Å². The molecule has 0 spiro atoms. The van der Waals surface area contributed by atoms with Gasteiger partial charge in [-0.2, -0.15) is 0 Å². The number of nitrogens with zero attached hydrogens (tertiary/aromatic N) is 2. The van der Waals surface area contributed by atoms with E-state index < -0.39 is 0 Å².